The number of halogens is 2. The highest BCUT2D eigenvalue weighted by Gasteiger charge is 2.16. The van der Waals surface area contributed by atoms with Gasteiger partial charge in [0.25, 0.3) is 0 Å². The van der Waals surface area contributed by atoms with E-state index >= 15 is 0 Å². The minimum atomic E-state index is -0.0973. The van der Waals surface area contributed by atoms with Gasteiger partial charge in [-0.05, 0) is 30.3 Å². The van der Waals surface area contributed by atoms with E-state index in [2.05, 4.69) is 5.43 Å². The lowest BCUT2D eigenvalue weighted by atomic mass is 10.1. The van der Waals surface area contributed by atoms with Crippen molar-refractivity contribution in [3.63, 3.8) is 0 Å². The van der Waals surface area contributed by atoms with Crippen LogP contribution in [0.4, 0.5) is 0 Å². The van der Waals surface area contributed by atoms with Crippen LogP contribution in [-0.4, -0.2) is 12.9 Å². The molecule has 0 aliphatic carbocycles. The van der Waals surface area contributed by atoms with E-state index in [4.69, 9.17) is 33.8 Å². The number of benzene rings is 2. The molecule has 1 atom stereocenters. The number of hydrogen-bond donors (Lipinski definition) is 2. The first-order valence-electron chi connectivity index (χ1n) is 6.32. The average molecular weight is 343 g/mol. The molecule has 21 heavy (non-hydrogen) atoms. The minimum Gasteiger partial charge on any atom is -0.496 e. The molecule has 3 N–H and O–H groups in total. The molecular formula is C15H16Cl2N2OS. The zero-order valence-corrected chi connectivity index (χ0v) is 13.8. The second-order valence-electron chi connectivity index (χ2n) is 4.35. The molecule has 6 heteroatoms. The zero-order chi connectivity index (χ0) is 15.2. The summed E-state index contributed by atoms with van der Waals surface area (Å²) >= 11 is 13.9. The summed E-state index contributed by atoms with van der Waals surface area (Å²) in [7, 11) is 1.63. The molecule has 0 heterocycles. The Kier molecular flexibility index (Phi) is 6.21. The van der Waals surface area contributed by atoms with Crippen LogP contribution in [-0.2, 0) is 0 Å². The Morgan fingerprint density at radius 2 is 2.00 bits per heavy atom. The van der Waals surface area contributed by atoms with Gasteiger partial charge in [0.2, 0.25) is 0 Å². The average Bonchev–Trinajstić information content (AvgIpc) is 2.50. The molecule has 2 aromatic carbocycles. The Morgan fingerprint density at radius 1 is 1.24 bits per heavy atom. The first-order valence-corrected chi connectivity index (χ1v) is 8.06. The number of methoxy groups -OCH3 is 1. The lowest BCUT2D eigenvalue weighted by molar-refractivity contribution is 0.403. The number of nitrogens with one attached hydrogen (secondary N) is 1. The fraction of sp³-hybridized carbons (Fsp3) is 0.200. The molecule has 1 unspecified atom stereocenters. The molecule has 0 radical (unpaired) electrons. The number of thioether (sulfide) groups is 1. The molecule has 0 amide bonds. The predicted molar refractivity (Wildman–Crippen MR) is 90.2 cm³/mol. The quantitative estimate of drug-likeness (QED) is 0.466. The summed E-state index contributed by atoms with van der Waals surface area (Å²) in [5.74, 6) is 7.14. The molecular weight excluding hydrogens is 327 g/mol. The Morgan fingerprint density at radius 3 is 2.67 bits per heavy atom. The lowest BCUT2D eigenvalue weighted by Gasteiger charge is -2.19. The van der Waals surface area contributed by atoms with Gasteiger partial charge in [0.05, 0.1) is 18.2 Å². The van der Waals surface area contributed by atoms with Crippen LogP contribution in [0.3, 0.4) is 0 Å². The third kappa shape index (κ3) is 4.28. The molecule has 0 aromatic heterocycles. The summed E-state index contributed by atoms with van der Waals surface area (Å²) in [4.78, 5) is 1.01. The van der Waals surface area contributed by atoms with Crippen LogP contribution < -0.4 is 16.0 Å². The lowest BCUT2D eigenvalue weighted by Crippen LogP contribution is -2.30. The maximum atomic E-state index is 6.16. The van der Waals surface area contributed by atoms with Crippen LogP contribution >= 0.6 is 35.0 Å². The Labute approximate surface area is 138 Å². The van der Waals surface area contributed by atoms with E-state index in [-0.39, 0.29) is 6.04 Å². The number of rotatable bonds is 6. The van der Waals surface area contributed by atoms with Crippen molar-refractivity contribution in [2.45, 2.75) is 10.9 Å². The first kappa shape index (κ1) is 16.5. The molecule has 112 valence electrons. The highest BCUT2D eigenvalue weighted by Crippen LogP contribution is 2.33. The van der Waals surface area contributed by atoms with E-state index in [0.29, 0.717) is 10.8 Å². The van der Waals surface area contributed by atoms with E-state index in [1.807, 2.05) is 36.4 Å². The highest BCUT2D eigenvalue weighted by atomic mass is 35.5. The smallest absolute Gasteiger partial charge is 0.123 e. The van der Waals surface area contributed by atoms with E-state index in [0.717, 1.165) is 21.2 Å². The fourth-order valence-corrected chi connectivity index (χ4v) is 3.42. The van der Waals surface area contributed by atoms with Crippen molar-refractivity contribution >= 4 is 35.0 Å². The van der Waals surface area contributed by atoms with Crippen molar-refractivity contribution in [3.8, 4) is 5.75 Å². The van der Waals surface area contributed by atoms with Gasteiger partial charge < -0.3 is 4.74 Å². The van der Waals surface area contributed by atoms with E-state index in [1.165, 1.54) is 0 Å². The Balaban J connectivity index is 2.17. The van der Waals surface area contributed by atoms with Crippen LogP contribution in [0.1, 0.15) is 11.6 Å². The normalized spacial score (nSPS) is 12.2. The Hall–Kier alpha value is -0.910. The second kappa shape index (κ2) is 7.92. The van der Waals surface area contributed by atoms with Crippen LogP contribution in [0.15, 0.2) is 47.4 Å². The summed E-state index contributed by atoms with van der Waals surface area (Å²) in [6, 6.07) is 13.1. The summed E-state index contributed by atoms with van der Waals surface area (Å²) in [5.41, 5.74) is 3.73. The molecule has 0 aliphatic heterocycles. The van der Waals surface area contributed by atoms with Crippen molar-refractivity contribution in [1.29, 1.82) is 0 Å². The third-order valence-corrected chi connectivity index (χ3v) is 4.85. The van der Waals surface area contributed by atoms with E-state index in [1.54, 1.807) is 24.9 Å². The fourth-order valence-electron chi connectivity index (χ4n) is 1.94. The van der Waals surface area contributed by atoms with Crippen molar-refractivity contribution in [1.82, 2.24) is 5.43 Å². The molecule has 0 saturated carbocycles. The third-order valence-electron chi connectivity index (χ3n) is 3.01. The molecule has 2 aromatic rings. The van der Waals surface area contributed by atoms with Crippen LogP contribution in [0.2, 0.25) is 10.0 Å². The van der Waals surface area contributed by atoms with Gasteiger partial charge in [-0.25, -0.2) is 0 Å². The maximum absolute atomic E-state index is 6.16. The van der Waals surface area contributed by atoms with Gasteiger partial charge in [-0.1, -0.05) is 35.3 Å². The maximum Gasteiger partial charge on any atom is 0.123 e. The van der Waals surface area contributed by atoms with Gasteiger partial charge in [-0.3, -0.25) is 11.3 Å². The van der Waals surface area contributed by atoms with Gasteiger partial charge >= 0.3 is 0 Å². The van der Waals surface area contributed by atoms with Crippen molar-refractivity contribution in [3.05, 3.63) is 58.1 Å². The standard InChI is InChI=1S/C15H16Cl2N2OS/c1-20-14-7-6-10(16)8-11(14)13(19-18)9-21-15-5-3-2-4-12(15)17/h2-8,13,19H,9,18H2,1H3. The number of nitrogens with two attached hydrogens (primary N) is 1. The predicted octanol–water partition coefficient (Wildman–Crippen LogP) is 4.30. The summed E-state index contributed by atoms with van der Waals surface area (Å²) in [5, 5.41) is 1.38. The molecule has 3 nitrogen and oxygen atoms in total. The highest BCUT2D eigenvalue weighted by molar-refractivity contribution is 7.99. The van der Waals surface area contributed by atoms with Crippen LogP contribution in [0.25, 0.3) is 0 Å². The number of hydrazine groups is 1. The second-order valence-corrected chi connectivity index (χ2v) is 6.25. The topological polar surface area (TPSA) is 47.3 Å². The monoisotopic (exact) mass is 342 g/mol. The SMILES string of the molecule is COc1ccc(Cl)cc1C(CSc1ccccc1Cl)NN. The van der Waals surface area contributed by atoms with Crippen LogP contribution in [0, 0.1) is 0 Å². The zero-order valence-electron chi connectivity index (χ0n) is 11.5. The van der Waals surface area contributed by atoms with Gasteiger partial charge in [0, 0.05) is 21.2 Å². The van der Waals surface area contributed by atoms with E-state index < -0.39 is 0 Å². The molecule has 2 rings (SSSR count). The summed E-state index contributed by atoms with van der Waals surface area (Å²) < 4.78 is 5.37. The van der Waals surface area contributed by atoms with Crippen molar-refractivity contribution < 1.29 is 4.74 Å². The molecule has 0 spiro atoms. The molecule has 0 aliphatic rings. The molecule has 0 bridgehead atoms. The largest absolute Gasteiger partial charge is 0.496 e. The number of ether oxygens (including phenoxy) is 1. The Bertz CT molecular complexity index is 610. The van der Waals surface area contributed by atoms with Gasteiger partial charge in [-0.2, -0.15) is 0 Å². The minimum absolute atomic E-state index is 0.0973. The van der Waals surface area contributed by atoms with Gasteiger partial charge in [-0.15, -0.1) is 11.8 Å². The van der Waals surface area contributed by atoms with E-state index in [9.17, 15) is 0 Å². The van der Waals surface area contributed by atoms with Gasteiger partial charge in [0.1, 0.15) is 5.75 Å². The summed E-state index contributed by atoms with van der Waals surface area (Å²) in [6.07, 6.45) is 0. The van der Waals surface area contributed by atoms with Crippen LogP contribution in [0.5, 0.6) is 5.75 Å². The first-order chi connectivity index (χ1) is 10.2. The van der Waals surface area contributed by atoms with Crippen molar-refractivity contribution in [2.75, 3.05) is 12.9 Å². The molecule has 0 saturated heterocycles. The number of hydrogen-bond acceptors (Lipinski definition) is 4. The van der Waals surface area contributed by atoms with Gasteiger partial charge in [0.15, 0.2) is 0 Å². The molecule has 0 fully saturated rings. The van der Waals surface area contributed by atoms with Crippen molar-refractivity contribution in [2.24, 2.45) is 5.84 Å². The summed E-state index contributed by atoms with van der Waals surface area (Å²) in [6.45, 7) is 0.